The van der Waals surface area contributed by atoms with E-state index < -0.39 is 0 Å². The summed E-state index contributed by atoms with van der Waals surface area (Å²) in [7, 11) is 0. The number of carbonyl (C=O) groups is 1. The Labute approximate surface area is 147 Å². The third-order valence-corrected chi connectivity index (χ3v) is 6.05. The first-order chi connectivity index (χ1) is 12.2. The minimum Gasteiger partial charge on any atom is -0.396 e. The highest BCUT2D eigenvalue weighted by molar-refractivity contribution is 5.79. The van der Waals surface area contributed by atoms with E-state index in [2.05, 4.69) is 10.3 Å². The van der Waals surface area contributed by atoms with Crippen LogP contribution in [-0.4, -0.2) is 82.9 Å². The lowest BCUT2D eigenvalue weighted by Crippen LogP contribution is -3.20. The van der Waals surface area contributed by atoms with Crippen molar-refractivity contribution >= 4 is 5.91 Å². The first-order valence-electron chi connectivity index (χ1n) is 9.45. The SMILES string of the molecule is O=C([C@H]1C[NH+]2CC[C@H]1C[C@@H]2Cn1cc(CCO)nn1)N1CCOCC1. The zero-order chi connectivity index (χ0) is 17.2. The minimum absolute atomic E-state index is 0.104. The van der Waals surface area contributed by atoms with Crippen LogP contribution in [0.1, 0.15) is 18.5 Å². The molecule has 2 N–H and O–H groups in total. The Balaban J connectivity index is 1.37. The Bertz CT molecular complexity index is 601. The van der Waals surface area contributed by atoms with Crippen LogP contribution in [0.4, 0.5) is 0 Å². The molecule has 25 heavy (non-hydrogen) atoms. The maximum absolute atomic E-state index is 12.9. The van der Waals surface area contributed by atoms with Gasteiger partial charge in [0.2, 0.25) is 5.91 Å². The molecule has 8 heteroatoms. The van der Waals surface area contributed by atoms with Gasteiger partial charge in [0.05, 0.1) is 44.5 Å². The third-order valence-electron chi connectivity index (χ3n) is 6.05. The van der Waals surface area contributed by atoms with Crippen LogP contribution in [0, 0.1) is 11.8 Å². The number of quaternary nitrogens is 1. The molecule has 4 aliphatic rings. The number of aliphatic hydroxyl groups is 1. The van der Waals surface area contributed by atoms with Crippen LogP contribution in [0.3, 0.4) is 0 Å². The standard InChI is InChI=1S/C17H27N5O3/c23-6-2-14-10-22(19-18-14)11-15-9-13-1-3-21(15)12-16(13)17(24)20-4-7-25-8-5-20/h10,13,15-16,23H,1-9,11-12H2/p+1/t13-,15+,16-/m0/s1. The zero-order valence-electron chi connectivity index (χ0n) is 14.6. The summed E-state index contributed by atoms with van der Waals surface area (Å²) < 4.78 is 7.28. The molecule has 0 spiro atoms. The molecule has 5 heterocycles. The fourth-order valence-corrected chi connectivity index (χ4v) is 4.70. The molecule has 0 aromatic carbocycles. The van der Waals surface area contributed by atoms with Gasteiger partial charge in [0.15, 0.2) is 0 Å². The molecule has 1 amide bonds. The Kier molecular flexibility index (Phi) is 5.00. The first kappa shape index (κ1) is 16.9. The zero-order valence-corrected chi connectivity index (χ0v) is 14.6. The van der Waals surface area contributed by atoms with E-state index in [1.165, 1.54) is 4.90 Å². The molecule has 0 aliphatic carbocycles. The average molecular weight is 350 g/mol. The van der Waals surface area contributed by atoms with Gasteiger partial charge in [0.1, 0.15) is 6.04 Å². The Morgan fingerprint density at radius 1 is 1.40 bits per heavy atom. The predicted octanol–water partition coefficient (Wildman–Crippen LogP) is -2.03. The summed E-state index contributed by atoms with van der Waals surface area (Å²) in [6, 6.07) is 0.510. The smallest absolute Gasteiger partial charge is 0.231 e. The van der Waals surface area contributed by atoms with Crippen molar-refractivity contribution < 1.29 is 19.5 Å². The Hall–Kier alpha value is -1.51. The predicted molar refractivity (Wildman–Crippen MR) is 88.9 cm³/mol. The quantitative estimate of drug-likeness (QED) is 0.640. The number of morpholine rings is 1. The highest BCUT2D eigenvalue weighted by Crippen LogP contribution is 2.29. The Morgan fingerprint density at radius 3 is 2.96 bits per heavy atom. The monoisotopic (exact) mass is 350 g/mol. The van der Waals surface area contributed by atoms with Gasteiger partial charge in [-0.05, 0) is 5.92 Å². The molecular weight excluding hydrogens is 322 g/mol. The summed E-state index contributed by atoms with van der Waals surface area (Å²) >= 11 is 0. The molecular formula is C17H28N5O3+. The van der Waals surface area contributed by atoms with Crippen molar-refractivity contribution in [2.45, 2.75) is 31.8 Å². The number of hydrogen-bond donors (Lipinski definition) is 2. The molecule has 4 fully saturated rings. The van der Waals surface area contributed by atoms with Gasteiger partial charge in [-0.25, -0.2) is 4.68 Å². The number of rotatable bonds is 5. The topological polar surface area (TPSA) is 84.9 Å². The molecule has 1 aromatic rings. The van der Waals surface area contributed by atoms with E-state index in [1.807, 2.05) is 15.8 Å². The molecule has 4 atom stereocenters. The van der Waals surface area contributed by atoms with E-state index in [4.69, 9.17) is 9.84 Å². The van der Waals surface area contributed by atoms with Crippen LogP contribution in [0.15, 0.2) is 6.20 Å². The van der Waals surface area contributed by atoms with E-state index in [1.54, 1.807) is 0 Å². The van der Waals surface area contributed by atoms with E-state index in [-0.39, 0.29) is 12.5 Å². The third kappa shape index (κ3) is 3.56. The number of piperidine rings is 3. The van der Waals surface area contributed by atoms with Crippen LogP contribution in [-0.2, 0) is 22.5 Å². The van der Waals surface area contributed by atoms with Crippen LogP contribution in [0.25, 0.3) is 0 Å². The summed E-state index contributed by atoms with van der Waals surface area (Å²) in [4.78, 5) is 16.4. The Morgan fingerprint density at radius 2 is 2.24 bits per heavy atom. The van der Waals surface area contributed by atoms with Crippen molar-refractivity contribution in [2.24, 2.45) is 11.8 Å². The molecule has 4 saturated heterocycles. The summed E-state index contributed by atoms with van der Waals surface area (Å²) in [6.07, 6.45) is 4.74. The van der Waals surface area contributed by atoms with Gasteiger partial charge in [-0.1, -0.05) is 5.21 Å². The molecule has 8 nitrogen and oxygen atoms in total. The van der Waals surface area contributed by atoms with Crippen molar-refractivity contribution in [2.75, 3.05) is 46.0 Å². The lowest BCUT2D eigenvalue weighted by atomic mass is 9.75. The second kappa shape index (κ2) is 7.39. The normalized spacial score (nSPS) is 32.1. The molecule has 2 bridgehead atoms. The highest BCUT2D eigenvalue weighted by atomic mass is 16.5. The van der Waals surface area contributed by atoms with E-state index >= 15 is 0 Å². The summed E-state index contributed by atoms with van der Waals surface area (Å²) in [5, 5.41) is 17.3. The van der Waals surface area contributed by atoms with Gasteiger partial charge in [-0.15, -0.1) is 5.10 Å². The van der Waals surface area contributed by atoms with Crippen LogP contribution in [0.5, 0.6) is 0 Å². The van der Waals surface area contributed by atoms with Crippen molar-refractivity contribution in [3.05, 3.63) is 11.9 Å². The summed E-state index contributed by atoms with van der Waals surface area (Å²) in [5.74, 6) is 1.02. The van der Waals surface area contributed by atoms with Crippen molar-refractivity contribution in [3.63, 3.8) is 0 Å². The van der Waals surface area contributed by atoms with Crippen LogP contribution in [0.2, 0.25) is 0 Å². The number of amides is 1. The number of ether oxygens (including phenoxy) is 1. The minimum atomic E-state index is 0.104. The molecule has 0 saturated carbocycles. The molecule has 1 unspecified atom stereocenters. The number of nitrogens with one attached hydrogen (secondary N) is 1. The maximum atomic E-state index is 12.9. The van der Waals surface area contributed by atoms with Gasteiger partial charge in [0.25, 0.3) is 0 Å². The van der Waals surface area contributed by atoms with Gasteiger partial charge < -0.3 is 19.6 Å². The lowest BCUT2D eigenvalue weighted by Gasteiger charge is -2.47. The summed E-state index contributed by atoms with van der Waals surface area (Å²) in [5.41, 5.74) is 0.842. The molecule has 4 aliphatic heterocycles. The number of nitrogens with zero attached hydrogens (tertiary/aromatic N) is 4. The number of fused-ring (bicyclic) bond motifs is 3. The molecule has 138 valence electrons. The first-order valence-corrected chi connectivity index (χ1v) is 9.45. The van der Waals surface area contributed by atoms with E-state index in [0.717, 1.165) is 51.3 Å². The van der Waals surface area contributed by atoms with Crippen molar-refractivity contribution in [3.8, 4) is 0 Å². The van der Waals surface area contributed by atoms with Gasteiger partial charge in [0, 0.05) is 45.2 Å². The second-order valence-corrected chi connectivity index (χ2v) is 7.54. The van der Waals surface area contributed by atoms with E-state index in [9.17, 15) is 4.79 Å². The van der Waals surface area contributed by atoms with Gasteiger partial charge >= 0.3 is 0 Å². The van der Waals surface area contributed by atoms with Gasteiger partial charge in [-0.2, -0.15) is 0 Å². The van der Waals surface area contributed by atoms with Crippen molar-refractivity contribution in [1.82, 2.24) is 19.9 Å². The number of aliphatic hydroxyl groups excluding tert-OH is 1. The van der Waals surface area contributed by atoms with Crippen LogP contribution < -0.4 is 4.90 Å². The number of aromatic nitrogens is 3. The molecule has 5 rings (SSSR count). The highest BCUT2D eigenvalue weighted by Gasteiger charge is 2.47. The molecule has 1 aromatic heterocycles. The number of hydrogen-bond acceptors (Lipinski definition) is 5. The number of carbonyl (C=O) groups excluding carboxylic acids is 1. The van der Waals surface area contributed by atoms with Gasteiger partial charge in [-0.3, -0.25) is 4.79 Å². The largest absolute Gasteiger partial charge is 0.396 e. The molecule has 0 radical (unpaired) electrons. The maximum Gasteiger partial charge on any atom is 0.231 e. The average Bonchev–Trinajstić information content (AvgIpc) is 3.10. The fourth-order valence-electron chi connectivity index (χ4n) is 4.70. The van der Waals surface area contributed by atoms with Crippen LogP contribution >= 0.6 is 0 Å². The van der Waals surface area contributed by atoms with E-state index in [0.29, 0.717) is 37.5 Å². The van der Waals surface area contributed by atoms with Crippen molar-refractivity contribution in [1.29, 1.82) is 0 Å². The lowest BCUT2D eigenvalue weighted by molar-refractivity contribution is -0.945. The summed E-state index contributed by atoms with van der Waals surface area (Å²) in [6.45, 7) is 5.89. The second-order valence-electron chi connectivity index (χ2n) is 7.54. The fraction of sp³-hybridized carbons (Fsp3) is 0.824.